The highest BCUT2D eigenvalue weighted by Gasteiger charge is 2.24. The van der Waals surface area contributed by atoms with Gasteiger partial charge in [-0.05, 0) is 37.9 Å². The fourth-order valence-electron chi connectivity index (χ4n) is 3.87. The number of pyridine rings is 2. The first-order chi connectivity index (χ1) is 16.8. The van der Waals surface area contributed by atoms with Crippen molar-refractivity contribution in [1.29, 1.82) is 0 Å². The summed E-state index contributed by atoms with van der Waals surface area (Å²) in [4.78, 5) is 12.2. The molecule has 0 radical (unpaired) electrons. The van der Waals surface area contributed by atoms with Crippen molar-refractivity contribution in [3.8, 4) is 17.0 Å². The Labute approximate surface area is 204 Å². The molecule has 0 atom stereocenters. The average Bonchev–Trinajstić information content (AvgIpc) is 2.84. The first kappa shape index (κ1) is 24.8. The quantitative estimate of drug-likeness (QED) is 0.503. The smallest absolute Gasteiger partial charge is 0.267 e. The summed E-state index contributed by atoms with van der Waals surface area (Å²) in [5, 5.41) is 0. The maximum atomic E-state index is 14.8. The van der Waals surface area contributed by atoms with Gasteiger partial charge in [-0.3, -0.25) is 9.71 Å². The maximum absolute atomic E-state index is 14.8. The zero-order valence-electron chi connectivity index (χ0n) is 19.9. The van der Waals surface area contributed by atoms with Crippen molar-refractivity contribution in [2.24, 2.45) is 0 Å². The van der Waals surface area contributed by atoms with Crippen molar-refractivity contribution in [3.05, 3.63) is 60.3 Å². The molecule has 3 aromatic rings. The van der Waals surface area contributed by atoms with Gasteiger partial charge in [-0.25, -0.2) is 17.8 Å². The third-order valence-corrected chi connectivity index (χ3v) is 6.87. The molecule has 2 aromatic heterocycles. The Bertz CT molecular complexity index is 1300. The lowest BCUT2D eigenvalue weighted by Crippen LogP contribution is -2.36. The standard InChI is InChI=1S/C24H28FN5O4S/c1-29(2)16-17-4-5-21(22(25)10-17)18-11-19(14-26-13-18)28-35(31,32)23-12-20(15-27-24(23)33-3)30-6-8-34-9-7-30/h4-5,10-15,28H,6-9,16H2,1-3H3. The fraction of sp³-hybridized carbons (Fsp3) is 0.333. The minimum Gasteiger partial charge on any atom is -0.480 e. The van der Waals surface area contributed by atoms with Gasteiger partial charge in [0, 0.05) is 37.0 Å². The molecule has 1 aliphatic rings. The topological polar surface area (TPSA) is 96.9 Å². The van der Waals surface area contributed by atoms with Crippen LogP contribution in [0.4, 0.5) is 15.8 Å². The molecule has 1 saturated heterocycles. The molecule has 3 heterocycles. The van der Waals surface area contributed by atoms with Crippen molar-refractivity contribution in [2.45, 2.75) is 11.4 Å². The molecule has 35 heavy (non-hydrogen) atoms. The van der Waals surface area contributed by atoms with Crippen LogP contribution in [0.2, 0.25) is 0 Å². The third-order valence-electron chi connectivity index (χ3n) is 5.50. The molecule has 1 aliphatic heterocycles. The fourth-order valence-corrected chi connectivity index (χ4v) is 5.05. The van der Waals surface area contributed by atoms with Crippen LogP contribution in [-0.4, -0.2) is 70.8 Å². The van der Waals surface area contributed by atoms with Crippen LogP contribution in [0.1, 0.15) is 5.56 Å². The first-order valence-electron chi connectivity index (χ1n) is 11.0. The highest BCUT2D eigenvalue weighted by Crippen LogP contribution is 2.30. The van der Waals surface area contributed by atoms with Gasteiger partial charge in [0.1, 0.15) is 5.82 Å². The molecule has 0 amide bonds. The van der Waals surface area contributed by atoms with Crippen LogP contribution in [0.5, 0.6) is 5.88 Å². The summed E-state index contributed by atoms with van der Waals surface area (Å²) >= 11 is 0. The largest absolute Gasteiger partial charge is 0.480 e. The van der Waals surface area contributed by atoms with E-state index >= 15 is 0 Å². The minimum atomic E-state index is -4.08. The molecule has 11 heteroatoms. The van der Waals surface area contributed by atoms with Gasteiger partial charge in [0.25, 0.3) is 10.0 Å². The zero-order valence-corrected chi connectivity index (χ0v) is 20.7. The molecule has 0 aliphatic carbocycles. The lowest BCUT2D eigenvalue weighted by molar-refractivity contribution is 0.122. The van der Waals surface area contributed by atoms with Gasteiger partial charge in [0.15, 0.2) is 4.90 Å². The van der Waals surface area contributed by atoms with Crippen LogP contribution in [0.25, 0.3) is 11.1 Å². The average molecular weight is 502 g/mol. The lowest BCUT2D eigenvalue weighted by Gasteiger charge is -2.29. The monoisotopic (exact) mass is 501 g/mol. The third kappa shape index (κ3) is 5.87. The summed E-state index contributed by atoms with van der Waals surface area (Å²) in [6.45, 7) is 2.97. The highest BCUT2D eigenvalue weighted by molar-refractivity contribution is 7.92. The Hall–Kier alpha value is -3.28. The number of nitrogens with zero attached hydrogens (tertiary/aromatic N) is 4. The van der Waals surface area contributed by atoms with Gasteiger partial charge in [-0.1, -0.05) is 12.1 Å². The molecule has 186 valence electrons. The lowest BCUT2D eigenvalue weighted by atomic mass is 10.0. The van der Waals surface area contributed by atoms with Crippen molar-refractivity contribution >= 4 is 21.4 Å². The molecule has 4 rings (SSSR count). The summed E-state index contributed by atoms with van der Waals surface area (Å²) in [5.41, 5.74) is 2.46. The number of sulfonamides is 1. The second kappa shape index (κ2) is 10.5. The van der Waals surface area contributed by atoms with Gasteiger partial charge in [-0.2, -0.15) is 0 Å². The van der Waals surface area contributed by atoms with E-state index in [9.17, 15) is 12.8 Å². The number of anilines is 2. The first-order valence-corrected chi connectivity index (χ1v) is 12.5. The summed E-state index contributed by atoms with van der Waals surface area (Å²) < 4.78 is 54.5. The molecule has 9 nitrogen and oxygen atoms in total. The number of nitrogens with one attached hydrogen (secondary N) is 1. The number of halogens is 1. The van der Waals surface area contributed by atoms with Gasteiger partial charge in [-0.15, -0.1) is 0 Å². The van der Waals surface area contributed by atoms with E-state index in [2.05, 4.69) is 14.7 Å². The van der Waals surface area contributed by atoms with E-state index < -0.39 is 15.8 Å². The van der Waals surface area contributed by atoms with Crippen LogP contribution in [0, 0.1) is 5.82 Å². The SMILES string of the molecule is COc1ncc(N2CCOCC2)cc1S(=O)(=O)Nc1cncc(-c2ccc(CN(C)C)cc2F)c1. The van der Waals surface area contributed by atoms with E-state index in [4.69, 9.17) is 9.47 Å². The van der Waals surface area contributed by atoms with E-state index in [1.54, 1.807) is 18.3 Å². The van der Waals surface area contributed by atoms with Crippen molar-refractivity contribution in [1.82, 2.24) is 14.9 Å². The molecule has 1 fully saturated rings. The molecule has 0 unspecified atom stereocenters. The van der Waals surface area contributed by atoms with E-state index in [1.165, 1.54) is 31.6 Å². The highest BCUT2D eigenvalue weighted by atomic mass is 32.2. The molecule has 1 aromatic carbocycles. The predicted octanol–water partition coefficient (Wildman–Crippen LogP) is 2.99. The molecular formula is C24H28FN5O4S. The van der Waals surface area contributed by atoms with Crippen LogP contribution in [0.15, 0.2) is 53.8 Å². The summed E-state index contributed by atoms with van der Waals surface area (Å²) in [6, 6.07) is 8.05. The van der Waals surface area contributed by atoms with E-state index in [-0.39, 0.29) is 16.5 Å². The van der Waals surface area contributed by atoms with Gasteiger partial charge in [0.2, 0.25) is 5.88 Å². The molecular weight excluding hydrogens is 473 g/mol. The number of hydrogen-bond acceptors (Lipinski definition) is 8. The van der Waals surface area contributed by atoms with Crippen molar-refractivity contribution in [3.63, 3.8) is 0 Å². The number of ether oxygens (including phenoxy) is 2. The maximum Gasteiger partial charge on any atom is 0.267 e. The minimum absolute atomic E-state index is 0.0267. The number of morpholine rings is 1. The van der Waals surface area contributed by atoms with Crippen LogP contribution < -0.4 is 14.4 Å². The normalized spacial score (nSPS) is 14.3. The van der Waals surface area contributed by atoms with Gasteiger partial charge < -0.3 is 19.3 Å². The number of methoxy groups -OCH3 is 1. The zero-order chi connectivity index (χ0) is 25.0. The molecule has 0 saturated carbocycles. The second-order valence-corrected chi connectivity index (χ2v) is 10.1. The van der Waals surface area contributed by atoms with E-state index in [1.807, 2.05) is 30.0 Å². The Morgan fingerprint density at radius 2 is 1.91 bits per heavy atom. The number of benzene rings is 1. The van der Waals surface area contributed by atoms with E-state index in [0.717, 1.165) is 5.56 Å². The Kier molecular flexibility index (Phi) is 7.48. The summed E-state index contributed by atoms with van der Waals surface area (Å²) in [6.07, 6.45) is 4.43. The van der Waals surface area contributed by atoms with Crippen molar-refractivity contribution in [2.75, 3.05) is 57.1 Å². The summed E-state index contributed by atoms with van der Waals surface area (Å²) in [7, 11) is 1.10. The molecule has 1 N–H and O–H groups in total. The van der Waals surface area contributed by atoms with Gasteiger partial charge in [0.05, 0.1) is 44.1 Å². The number of aromatic nitrogens is 2. The van der Waals surface area contributed by atoms with Crippen molar-refractivity contribution < 1.29 is 22.3 Å². The second-order valence-electron chi connectivity index (χ2n) is 8.42. The number of hydrogen-bond donors (Lipinski definition) is 1. The van der Waals surface area contributed by atoms with Crippen LogP contribution in [-0.2, 0) is 21.3 Å². The Morgan fingerprint density at radius 1 is 1.14 bits per heavy atom. The van der Waals surface area contributed by atoms with Gasteiger partial charge >= 0.3 is 0 Å². The van der Waals surface area contributed by atoms with Crippen LogP contribution in [0.3, 0.4) is 0 Å². The number of rotatable bonds is 8. The Balaban J connectivity index is 1.62. The van der Waals surface area contributed by atoms with E-state index in [0.29, 0.717) is 49.7 Å². The molecule has 0 spiro atoms. The predicted molar refractivity (Wildman–Crippen MR) is 132 cm³/mol. The molecule has 0 bridgehead atoms. The summed E-state index contributed by atoms with van der Waals surface area (Å²) in [5.74, 6) is -0.434. The Morgan fingerprint density at radius 3 is 2.60 bits per heavy atom. The van der Waals surface area contributed by atoms with Crippen LogP contribution >= 0.6 is 0 Å².